The van der Waals surface area contributed by atoms with Crippen molar-refractivity contribution in [3.05, 3.63) is 64.7 Å². The van der Waals surface area contributed by atoms with Gasteiger partial charge in [-0.2, -0.15) is 0 Å². The molecule has 2 aromatic rings. The summed E-state index contributed by atoms with van der Waals surface area (Å²) in [7, 11) is 0. The first kappa shape index (κ1) is 20.7. The maximum Gasteiger partial charge on any atom is 0.224 e. The van der Waals surface area contributed by atoms with Crippen LogP contribution in [-0.2, 0) is 17.9 Å². The zero-order chi connectivity index (χ0) is 19.9. The number of amides is 1. The number of nitrogens with zero attached hydrogens (tertiary/aromatic N) is 1. The summed E-state index contributed by atoms with van der Waals surface area (Å²) in [6.45, 7) is 7.10. The average molecular weight is 401 g/mol. The molecule has 0 aliphatic carbocycles. The Labute approximate surface area is 172 Å². The van der Waals surface area contributed by atoms with Crippen molar-refractivity contribution in [2.45, 2.75) is 45.9 Å². The molecule has 1 heterocycles. The molecule has 1 amide bonds. The zero-order valence-corrected chi connectivity index (χ0v) is 17.4. The van der Waals surface area contributed by atoms with E-state index in [0.717, 1.165) is 54.4 Å². The molecular weight excluding hydrogens is 372 g/mol. The Balaban J connectivity index is 1.52. The van der Waals surface area contributed by atoms with Crippen LogP contribution in [0.3, 0.4) is 0 Å². The van der Waals surface area contributed by atoms with Crippen LogP contribution in [0.2, 0.25) is 5.02 Å². The summed E-state index contributed by atoms with van der Waals surface area (Å²) in [6, 6.07) is 15.8. The van der Waals surface area contributed by atoms with Crippen molar-refractivity contribution in [1.29, 1.82) is 0 Å². The van der Waals surface area contributed by atoms with Gasteiger partial charge in [0.05, 0.1) is 12.0 Å². The minimum atomic E-state index is 0.0198. The predicted octanol–water partition coefficient (Wildman–Crippen LogP) is 4.66. The summed E-state index contributed by atoms with van der Waals surface area (Å²) in [5.74, 6) is 0.982. The van der Waals surface area contributed by atoms with Crippen molar-refractivity contribution < 1.29 is 9.53 Å². The van der Waals surface area contributed by atoms with Crippen LogP contribution in [0.25, 0.3) is 0 Å². The molecule has 0 unspecified atom stereocenters. The van der Waals surface area contributed by atoms with Crippen molar-refractivity contribution in [2.24, 2.45) is 5.92 Å². The summed E-state index contributed by atoms with van der Waals surface area (Å²) in [6.07, 6.45) is 2.10. The average Bonchev–Trinajstić information content (AvgIpc) is 2.68. The van der Waals surface area contributed by atoms with Gasteiger partial charge >= 0.3 is 0 Å². The highest BCUT2D eigenvalue weighted by atomic mass is 35.5. The molecule has 0 bridgehead atoms. The van der Waals surface area contributed by atoms with E-state index in [-0.39, 0.29) is 17.9 Å². The molecule has 0 radical (unpaired) electrons. The topological polar surface area (TPSA) is 41.6 Å². The van der Waals surface area contributed by atoms with Gasteiger partial charge in [0.2, 0.25) is 5.91 Å². The van der Waals surface area contributed by atoms with E-state index >= 15 is 0 Å². The Morgan fingerprint density at radius 2 is 2.07 bits per heavy atom. The van der Waals surface area contributed by atoms with Gasteiger partial charge in [0.25, 0.3) is 0 Å². The number of carbonyl (C=O) groups excluding carboxylic acids is 1. The Kier molecular flexibility index (Phi) is 7.35. The Morgan fingerprint density at radius 3 is 2.86 bits per heavy atom. The van der Waals surface area contributed by atoms with Crippen LogP contribution in [-0.4, -0.2) is 30.0 Å². The van der Waals surface area contributed by atoms with Crippen LogP contribution in [0, 0.1) is 5.92 Å². The van der Waals surface area contributed by atoms with Crippen LogP contribution in [0.1, 0.15) is 37.8 Å². The third-order valence-corrected chi connectivity index (χ3v) is 5.33. The smallest absolute Gasteiger partial charge is 0.224 e. The lowest BCUT2D eigenvalue weighted by molar-refractivity contribution is -0.126. The minimum Gasteiger partial charge on any atom is -0.491 e. The fourth-order valence-corrected chi connectivity index (χ4v) is 3.81. The zero-order valence-electron chi connectivity index (χ0n) is 16.7. The molecule has 150 valence electrons. The van der Waals surface area contributed by atoms with E-state index in [9.17, 15) is 4.79 Å². The number of benzene rings is 2. The Hall–Kier alpha value is -2.04. The summed E-state index contributed by atoms with van der Waals surface area (Å²) < 4.78 is 5.73. The highest BCUT2D eigenvalue weighted by Crippen LogP contribution is 2.22. The molecule has 1 fully saturated rings. The summed E-state index contributed by atoms with van der Waals surface area (Å²) in [4.78, 5) is 15.0. The van der Waals surface area contributed by atoms with Crippen molar-refractivity contribution in [3.63, 3.8) is 0 Å². The molecule has 0 aromatic heterocycles. The number of hydrogen-bond acceptors (Lipinski definition) is 3. The highest BCUT2D eigenvalue weighted by Gasteiger charge is 2.25. The van der Waals surface area contributed by atoms with Crippen LogP contribution in [0.4, 0.5) is 0 Å². The molecule has 1 N–H and O–H groups in total. The van der Waals surface area contributed by atoms with E-state index < -0.39 is 0 Å². The first-order valence-corrected chi connectivity index (χ1v) is 10.4. The summed E-state index contributed by atoms with van der Waals surface area (Å²) >= 11 is 6.29. The van der Waals surface area contributed by atoms with E-state index in [2.05, 4.69) is 16.3 Å². The third kappa shape index (κ3) is 5.98. The molecular formula is C23H29ClN2O2. The number of halogens is 1. The normalized spacial score (nSPS) is 17.5. The number of ether oxygens (including phenoxy) is 1. The lowest BCUT2D eigenvalue weighted by atomic mass is 9.96. The quantitative estimate of drug-likeness (QED) is 0.735. The van der Waals surface area contributed by atoms with Crippen molar-refractivity contribution in [2.75, 3.05) is 13.1 Å². The molecule has 0 saturated carbocycles. The molecule has 1 saturated heterocycles. The Bertz CT molecular complexity index is 794. The van der Waals surface area contributed by atoms with Crippen molar-refractivity contribution in [3.8, 4) is 5.75 Å². The van der Waals surface area contributed by atoms with E-state index in [1.54, 1.807) is 0 Å². The van der Waals surface area contributed by atoms with E-state index in [4.69, 9.17) is 16.3 Å². The molecule has 5 heteroatoms. The van der Waals surface area contributed by atoms with Gasteiger partial charge in [-0.25, -0.2) is 0 Å². The van der Waals surface area contributed by atoms with Gasteiger partial charge in [-0.05, 0) is 62.6 Å². The molecule has 0 spiro atoms. The largest absolute Gasteiger partial charge is 0.491 e. The van der Waals surface area contributed by atoms with Gasteiger partial charge in [-0.1, -0.05) is 41.9 Å². The molecule has 1 aliphatic rings. The van der Waals surface area contributed by atoms with Crippen molar-refractivity contribution >= 4 is 17.5 Å². The second-order valence-corrected chi connectivity index (χ2v) is 8.10. The number of hydrogen-bond donors (Lipinski definition) is 1. The standard InChI is InChI=1S/C23H29ClN2O2/c1-17(2)28-21-10-5-7-18(13-21)14-25-23(27)20-9-6-12-26(16-20)15-19-8-3-4-11-22(19)24/h3-5,7-8,10-11,13,17,20H,6,9,12,14-16H2,1-2H3,(H,25,27)/t20-/m0/s1. The van der Waals surface area contributed by atoms with Gasteiger partial charge in [0.15, 0.2) is 0 Å². The predicted molar refractivity (Wildman–Crippen MR) is 114 cm³/mol. The first-order chi connectivity index (χ1) is 13.5. The molecule has 3 rings (SSSR count). The van der Waals surface area contributed by atoms with E-state index in [1.807, 2.05) is 56.3 Å². The van der Waals surface area contributed by atoms with Crippen LogP contribution in [0.5, 0.6) is 5.75 Å². The fraction of sp³-hybridized carbons (Fsp3) is 0.435. The van der Waals surface area contributed by atoms with Crippen LogP contribution in [0.15, 0.2) is 48.5 Å². The molecule has 4 nitrogen and oxygen atoms in total. The minimum absolute atomic E-state index is 0.0198. The third-order valence-electron chi connectivity index (χ3n) is 4.97. The monoisotopic (exact) mass is 400 g/mol. The second-order valence-electron chi connectivity index (χ2n) is 7.70. The molecule has 1 aliphatic heterocycles. The number of piperidine rings is 1. The van der Waals surface area contributed by atoms with Gasteiger partial charge < -0.3 is 10.1 Å². The fourth-order valence-electron chi connectivity index (χ4n) is 3.62. The molecule has 28 heavy (non-hydrogen) atoms. The first-order valence-electron chi connectivity index (χ1n) is 10.0. The maximum atomic E-state index is 12.7. The lowest BCUT2D eigenvalue weighted by Crippen LogP contribution is -2.42. The van der Waals surface area contributed by atoms with Gasteiger partial charge in [-0.3, -0.25) is 9.69 Å². The number of likely N-dealkylation sites (tertiary alicyclic amines) is 1. The van der Waals surface area contributed by atoms with Gasteiger partial charge in [0, 0.05) is 24.7 Å². The van der Waals surface area contributed by atoms with E-state index in [0.29, 0.717) is 6.54 Å². The second kappa shape index (κ2) is 9.94. The van der Waals surface area contributed by atoms with Gasteiger partial charge in [-0.15, -0.1) is 0 Å². The van der Waals surface area contributed by atoms with Crippen LogP contribution >= 0.6 is 11.6 Å². The van der Waals surface area contributed by atoms with Crippen LogP contribution < -0.4 is 10.1 Å². The molecule has 2 aromatic carbocycles. The highest BCUT2D eigenvalue weighted by molar-refractivity contribution is 6.31. The summed E-state index contributed by atoms with van der Waals surface area (Å²) in [5.41, 5.74) is 2.17. The number of rotatable bonds is 7. The van der Waals surface area contributed by atoms with Crippen molar-refractivity contribution in [1.82, 2.24) is 10.2 Å². The molecule has 1 atom stereocenters. The Morgan fingerprint density at radius 1 is 1.25 bits per heavy atom. The number of carbonyl (C=O) groups is 1. The number of nitrogens with one attached hydrogen (secondary N) is 1. The lowest BCUT2D eigenvalue weighted by Gasteiger charge is -2.32. The summed E-state index contributed by atoms with van der Waals surface area (Å²) in [5, 5.41) is 3.89. The van der Waals surface area contributed by atoms with E-state index in [1.165, 1.54) is 0 Å². The maximum absolute atomic E-state index is 12.7. The van der Waals surface area contributed by atoms with Gasteiger partial charge in [0.1, 0.15) is 5.75 Å². The SMILES string of the molecule is CC(C)Oc1cccc(CNC(=O)[C@H]2CCCN(Cc3ccccc3Cl)C2)c1.